The number of aliphatic carboxylic acids is 1. The molecule has 104 valence electrons. The van der Waals surface area contributed by atoms with E-state index in [-0.39, 0.29) is 28.1 Å². The number of carboxylic acids is 1. The van der Waals surface area contributed by atoms with Gasteiger partial charge < -0.3 is 5.11 Å². The van der Waals surface area contributed by atoms with Crippen LogP contribution in [-0.4, -0.2) is 26.7 Å². The summed E-state index contributed by atoms with van der Waals surface area (Å²) >= 11 is 1.15. The van der Waals surface area contributed by atoms with Crippen LogP contribution in [0.1, 0.15) is 24.8 Å². The summed E-state index contributed by atoms with van der Waals surface area (Å²) in [4.78, 5) is 25.1. The van der Waals surface area contributed by atoms with Crippen molar-refractivity contribution >= 4 is 23.4 Å². The molecular weight excluding hydrogens is 282 g/mol. The van der Waals surface area contributed by atoms with Crippen LogP contribution >= 0.6 is 11.8 Å². The quantitative estimate of drug-likeness (QED) is 0.485. The van der Waals surface area contributed by atoms with Gasteiger partial charge in [0.15, 0.2) is 5.03 Å². The van der Waals surface area contributed by atoms with E-state index < -0.39 is 10.9 Å². The predicted molar refractivity (Wildman–Crippen MR) is 70.3 cm³/mol. The second kappa shape index (κ2) is 5.46. The fraction of sp³-hybridized carbons (Fsp3) is 0.417. The Balaban J connectivity index is 2.16. The molecule has 0 atom stereocenters. The number of hydrogen-bond donors (Lipinski definition) is 1. The van der Waals surface area contributed by atoms with E-state index in [4.69, 9.17) is 10.4 Å². The van der Waals surface area contributed by atoms with Gasteiger partial charge in [0.1, 0.15) is 11.6 Å². The highest BCUT2D eigenvalue weighted by atomic mass is 32.2. The summed E-state index contributed by atoms with van der Waals surface area (Å²) in [7, 11) is 0. The molecule has 1 aromatic heterocycles. The van der Waals surface area contributed by atoms with E-state index in [2.05, 4.69) is 4.98 Å². The fourth-order valence-corrected chi connectivity index (χ4v) is 3.19. The van der Waals surface area contributed by atoms with Gasteiger partial charge in [-0.3, -0.25) is 14.9 Å². The average molecular weight is 293 g/mol. The van der Waals surface area contributed by atoms with Crippen LogP contribution in [0.4, 0.5) is 5.69 Å². The van der Waals surface area contributed by atoms with Crippen LogP contribution in [0, 0.1) is 26.9 Å². The van der Waals surface area contributed by atoms with Gasteiger partial charge in [-0.2, -0.15) is 5.26 Å². The van der Waals surface area contributed by atoms with Crippen molar-refractivity contribution in [3.8, 4) is 6.07 Å². The molecule has 0 spiro atoms. The van der Waals surface area contributed by atoms with Crippen LogP contribution in [0.2, 0.25) is 0 Å². The zero-order chi connectivity index (χ0) is 14.8. The molecule has 1 heterocycles. The first kappa shape index (κ1) is 14.3. The van der Waals surface area contributed by atoms with E-state index in [0.717, 1.165) is 24.6 Å². The Morgan fingerprint density at radius 1 is 1.65 bits per heavy atom. The van der Waals surface area contributed by atoms with Gasteiger partial charge >= 0.3 is 11.7 Å². The second-order valence-corrected chi connectivity index (χ2v) is 5.70. The van der Waals surface area contributed by atoms with Crippen molar-refractivity contribution in [2.75, 3.05) is 5.75 Å². The second-order valence-electron chi connectivity index (χ2n) is 4.74. The molecule has 0 aromatic carbocycles. The molecule has 0 amide bonds. The Hall–Kier alpha value is -2.14. The molecule has 1 aromatic rings. The predicted octanol–water partition coefficient (Wildman–Crippen LogP) is 2.21. The van der Waals surface area contributed by atoms with Gasteiger partial charge in [0, 0.05) is 11.9 Å². The molecule has 1 N–H and O–H groups in total. The number of carboxylic acid groups (broad SMARTS) is 1. The number of nitriles is 1. The number of aromatic nitrogens is 1. The molecule has 1 saturated carbocycles. The molecule has 0 saturated heterocycles. The maximum atomic E-state index is 11.0. The molecule has 0 unspecified atom stereocenters. The first-order chi connectivity index (χ1) is 9.47. The lowest BCUT2D eigenvalue weighted by molar-refractivity contribution is -0.388. The van der Waals surface area contributed by atoms with E-state index in [1.165, 1.54) is 12.3 Å². The van der Waals surface area contributed by atoms with Gasteiger partial charge in [0.25, 0.3) is 0 Å². The van der Waals surface area contributed by atoms with E-state index >= 15 is 0 Å². The molecule has 0 radical (unpaired) electrons. The molecule has 8 heteroatoms. The lowest BCUT2D eigenvalue weighted by Gasteiger charge is -2.11. The zero-order valence-electron chi connectivity index (χ0n) is 10.4. The van der Waals surface area contributed by atoms with Gasteiger partial charge in [0.2, 0.25) is 0 Å². The Morgan fingerprint density at radius 3 is 2.85 bits per heavy atom. The van der Waals surface area contributed by atoms with Crippen LogP contribution in [0.15, 0.2) is 17.3 Å². The van der Waals surface area contributed by atoms with E-state index in [0.29, 0.717) is 5.75 Å². The molecule has 20 heavy (non-hydrogen) atoms. The Labute approximate surface area is 118 Å². The first-order valence-electron chi connectivity index (χ1n) is 5.85. The van der Waals surface area contributed by atoms with Gasteiger partial charge in [-0.05, 0) is 24.3 Å². The van der Waals surface area contributed by atoms with Crippen LogP contribution in [0.5, 0.6) is 0 Å². The highest BCUT2D eigenvalue weighted by Gasteiger charge is 2.44. The summed E-state index contributed by atoms with van der Waals surface area (Å²) in [5.41, 5.74) is -0.615. The largest absolute Gasteiger partial charge is 0.481 e. The van der Waals surface area contributed by atoms with Crippen molar-refractivity contribution in [1.29, 1.82) is 5.26 Å². The third-order valence-corrected chi connectivity index (χ3v) is 4.52. The van der Waals surface area contributed by atoms with E-state index in [1.54, 1.807) is 6.07 Å². The monoisotopic (exact) mass is 293 g/mol. The van der Waals surface area contributed by atoms with Crippen molar-refractivity contribution in [3.05, 3.63) is 27.9 Å². The SMILES string of the molecule is N#Cc1ccnc(SCC2(CC(=O)O)CC2)c1[N+](=O)[O-]. The molecule has 7 nitrogen and oxygen atoms in total. The molecule has 1 aliphatic rings. The molecule has 0 aliphatic heterocycles. The molecule has 1 aliphatic carbocycles. The number of nitrogens with zero attached hydrogens (tertiary/aromatic N) is 3. The third-order valence-electron chi connectivity index (χ3n) is 3.19. The minimum absolute atomic E-state index is 0.0319. The first-order valence-corrected chi connectivity index (χ1v) is 6.84. The number of thioether (sulfide) groups is 1. The van der Waals surface area contributed by atoms with Crippen LogP contribution in [0.3, 0.4) is 0 Å². The molecular formula is C12H11N3O4S. The average Bonchev–Trinajstić information content (AvgIpc) is 3.14. The molecule has 1 fully saturated rings. The normalized spacial score (nSPS) is 15.3. The van der Waals surface area contributed by atoms with Crippen molar-refractivity contribution in [2.24, 2.45) is 5.41 Å². The Kier molecular flexibility index (Phi) is 3.90. The summed E-state index contributed by atoms with van der Waals surface area (Å²) in [5, 5.41) is 28.9. The highest BCUT2D eigenvalue weighted by molar-refractivity contribution is 7.99. The van der Waals surface area contributed by atoms with Gasteiger partial charge in [-0.15, -0.1) is 0 Å². The highest BCUT2D eigenvalue weighted by Crippen LogP contribution is 2.52. The van der Waals surface area contributed by atoms with Crippen LogP contribution in [-0.2, 0) is 4.79 Å². The number of carbonyl (C=O) groups is 1. The Morgan fingerprint density at radius 2 is 2.35 bits per heavy atom. The van der Waals surface area contributed by atoms with Crippen molar-refractivity contribution in [1.82, 2.24) is 4.98 Å². The Bertz CT molecular complexity index is 607. The number of nitro groups is 1. The number of rotatable bonds is 6. The maximum absolute atomic E-state index is 11.0. The smallest absolute Gasteiger partial charge is 0.318 e. The minimum atomic E-state index is -0.865. The lowest BCUT2D eigenvalue weighted by Crippen LogP contribution is -2.11. The van der Waals surface area contributed by atoms with Crippen LogP contribution in [0.25, 0.3) is 0 Å². The van der Waals surface area contributed by atoms with E-state index in [9.17, 15) is 14.9 Å². The topological polar surface area (TPSA) is 117 Å². The summed E-state index contributed by atoms with van der Waals surface area (Å²) in [6.45, 7) is 0. The van der Waals surface area contributed by atoms with Crippen molar-refractivity contribution < 1.29 is 14.8 Å². The number of hydrogen-bond acceptors (Lipinski definition) is 6. The van der Waals surface area contributed by atoms with E-state index in [1.807, 2.05) is 0 Å². The minimum Gasteiger partial charge on any atom is -0.481 e. The fourth-order valence-electron chi connectivity index (χ4n) is 1.90. The molecule has 0 bridgehead atoms. The summed E-state index contributed by atoms with van der Waals surface area (Å²) in [6, 6.07) is 3.07. The van der Waals surface area contributed by atoms with Gasteiger partial charge in [-0.1, -0.05) is 11.8 Å². The molecule has 2 rings (SSSR count). The summed E-state index contributed by atoms with van der Waals surface area (Å²) < 4.78 is 0. The van der Waals surface area contributed by atoms with Gasteiger partial charge in [-0.25, -0.2) is 4.98 Å². The maximum Gasteiger partial charge on any atom is 0.318 e. The summed E-state index contributed by atoms with van der Waals surface area (Å²) in [6.07, 6.45) is 3.02. The standard InChI is InChI=1S/C12H11N3O4S/c13-6-8-1-4-14-11(10(8)15(18)19)20-7-12(2-3-12)5-9(16)17/h1,4H,2-3,5,7H2,(H,16,17). The third kappa shape index (κ3) is 3.05. The summed E-state index contributed by atoms with van der Waals surface area (Å²) in [5.74, 6) is -0.404. The van der Waals surface area contributed by atoms with Gasteiger partial charge in [0.05, 0.1) is 11.3 Å². The lowest BCUT2D eigenvalue weighted by atomic mass is 10.1. The zero-order valence-corrected chi connectivity index (χ0v) is 11.2. The number of pyridine rings is 1. The van der Waals surface area contributed by atoms with Crippen LogP contribution < -0.4 is 0 Å². The van der Waals surface area contributed by atoms with Crippen molar-refractivity contribution in [2.45, 2.75) is 24.3 Å². The van der Waals surface area contributed by atoms with Crippen molar-refractivity contribution in [3.63, 3.8) is 0 Å².